The first kappa shape index (κ1) is 33.6. The zero-order chi connectivity index (χ0) is 33.2. The van der Waals surface area contributed by atoms with Crippen LogP contribution in [0.1, 0.15) is 17.5 Å². The Bertz CT molecular complexity index is 1790. The number of fused-ring (bicyclic) bond motifs is 1. The number of pyridine rings is 1. The number of carbonyl (C=O) groups is 1. The van der Waals surface area contributed by atoms with Crippen molar-refractivity contribution in [2.75, 3.05) is 57.7 Å². The minimum absolute atomic E-state index is 0.142. The molecule has 4 aromatic rings. The summed E-state index contributed by atoms with van der Waals surface area (Å²) >= 11 is 6.55. The van der Waals surface area contributed by atoms with E-state index in [0.717, 1.165) is 13.0 Å². The first-order chi connectivity index (χ1) is 22.8. The second kappa shape index (κ2) is 16.2. The van der Waals surface area contributed by atoms with E-state index < -0.39 is 0 Å². The molecule has 1 amide bonds. The van der Waals surface area contributed by atoms with Gasteiger partial charge >= 0.3 is 0 Å². The van der Waals surface area contributed by atoms with Crippen molar-refractivity contribution in [3.8, 4) is 17.6 Å². The van der Waals surface area contributed by atoms with Gasteiger partial charge in [0.25, 0.3) is 0 Å². The van der Waals surface area contributed by atoms with Crippen LogP contribution >= 0.6 is 11.6 Å². The van der Waals surface area contributed by atoms with Crippen LogP contribution in [0.15, 0.2) is 72.9 Å². The third-order valence-electron chi connectivity index (χ3n) is 7.38. The molecular formula is C35H35ClFN5O5. The number of ether oxygens (including phenoxy) is 4. The molecule has 0 radical (unpaired) electrons. The Hall–Kier alpha value is -4.73. The van der Waals surface area contributed by atoms with E-state index in [4.69, 9.17) is 30.5 Å². The minimum Gasteiger partial charge on any atom is -0.487 e. The fourth-order valence-electron chi connectivity index (χ4n) is 4.90. The highest BCUT2D eigenvalue weighted by molar-refractivity contribution is 6.32. The molecule has 5 rings (SSSR count). The average molecular weight is 660 g/mol. The molecule has 2 N–H and O–H groups in total. The number of amides is 1. The van der Waals surface area contributed by atoms with E-state index in [1.165, 1.54) is 24.4 Å². The molecule has 0 saturated carbocycles. The molecule has 47 heavy (non-hydrogen) atoms. The van der Waals surface area contributed by atoms with Crippen molar-refractivity contribution in [2.45, 2.75) is 19.1 Å². The molecule has 12 heteroatoms. The van der Waals surface area contributed by atoms with Crippen molar-refractivity contribution in [2.24, 2.45) is 0 Å². The molecular weight excluding hydrogens is 625 g/mol. The maximum Gasteiger partial charge on any atom is 0.248 e. The molecule has 1 saturated heterocycles. The van der Waals surface area contributed by atoms with Gasteiger partial charge in [-0.25, -0.2) is 4.39 Å². The number of carbonyl (C=O) groups excluding carboxylic acids is 1. The summed E-state index contributed by atoms with van der Waals surface area (Å²) in [4.78, 5) is 19.5. The quantitative estimate of drug-likeness (QED) is 0.147. The Kier molecular flexibility index (Phi) is 11.6. The molecule has 1 aliphatic heterocycles. The number of hydrogen-bond acceptors (Lipinski definition) is 9. The average Bonchev–Trinajstić information content (AvgIpc) is 3.57. The van der Waals surface area contributed by atoms with Crippen molar-refractivity contribution < 1.29 is 28.1 Å². The molecule has 10 nitrogen and oxygen atoms in total. The number of nitrogens with one attached hydrogen (secondary N) is 2. The molecule has 244 valence electrons. The summed E-state index contributed by atoms with van der Waals surface area (Å²) in [6.07, 6.45) is 5.27. The third kappa shape index (κ3) is 9.18. The standard InChI is InChI=1S/C35H35ClFN5O5/c1-42(12-14-44-2)11-4-7-34(43)41-31-17-28-30(18-33(31)47-27-10-13-45-22-27)39-20-24(19-38)35(28)40-26-8-9-32(29(36)16-26)46-21-23-5-3-6-25(37)15-23/h3-9,15-18,20,27H,10-14,21-22H2,1-2H3,(H,39,40)(H,41,43)/b7-4+/t27-/m0/s1. The number of nitrogens with zero attached hydrogens (tertiary/aromatic N) is 3. The molecule has 3 aromatic carbocycles. The first-order valence-corrected chi connectivity index (χ1v) is 15.4. The van der Waals surface area contributed by atoms with Crippen LogP contribution in [0.3, 0.4) is 0 Å². The fourth-order valence-corrected chi connectivity index (χ4v) is 5.14. The van der Waals surface area contributed by atoms with Crippen LogP contribution in [-0.4, -0.2) is 69.0 Å². The zero-order valence-electron chi connectivity index (χ0n) is 26.1. The normalized spacial score (nSPS) is 14.4. The van der Waals surface area contributed by atoms with Crippen LogP contribution in [-0.2, 0) is 20.9 Å². The molecule has 0 aliphatic carbocycles. The number of methoxy groups -OCH3 is 1. The number of rotatable bonds is 14. The lowest BCUT2D eigenvalue weighted by Crippen LogP contribution is -2.23. The number of aromatic nitrogens is 1. The fraction of sp³-hybridized carbons (Fsp3) is 0.286. The van der Waals surface area contributed by atoms with Crippen LogP contribution in [0, 0.1) is 17.1 Å². The van der Waals surface area contributed by atoms with Crippen LogP contribution in [0.2, 0.25) is 5.02 Å². The van der Waals surface area contributed by atoms with Gasteiger partial charge in [-0.2, -0.15) is 5.26 Å². The molecule has 0 bridgehead atoms. The number of anilines is 3. The SMILES string of the molecule is COCCN(C)C/C=C/C(=O)Nc1cc2c(Nc3ccc(OCc4cccc(F)c4)c(Cl)c3)c(C#N)cnc2cc1O[C@H]1CCOC1. The van der Waals surface area contributed by atoms with Crippen molar-refractivity contribution in [1.29, 1.82) is 5.26 Å². The first-order valence-electron chi connectivity index (χ1n) is 15.0. The molecule has 1 aliphatic rings. The Labute approximate surface area is 277 Å². The molecule has 1 atom stereocenters. The third-order valence-corrected chi connectivity index (χ3v) is 7.67. The van der Waals surface area contributed by atoms with Gasteiger partial charge in [0, 0.05) is 56.0 Å². The smallest absolute Gasteiger partial charge is 0.248 e. The van der Waals surface area contributed by atoms with Crippen molar-refractivity contribution in [3.05, 3.63) is 94.9 Å². The Morgan fingerprint density at radius 1 is 1.23 bits per heavy atom. The lowest BCUT2D eigenvalue weighted by atomic mass is 10.1. The summed E-state index contributed by atoms with van der Waals surface area (Å²) < 4.78 is 36.2. The summed E-state index contributed by atoms with van der Waals surface area (Å²) in [6, 6.07) is 16.9. The monoisotopic (exact) mass is 659 g/mol. The van der Waals surface area contributed by atoms with Crippen LogP contribution in [0.5, 0.6) is 11.5 Å². The van der Waals surface area contributed by atoms with E-state index in [-0.39, 0.29) is 30.0 Å². The van der Waals surface area contributed by atoms with Gasteiger partial charge in [-0.1, -0.05) is 29.8 Å². The lowest BCUT2D eigenvalue weighted by molar-refractivity contribution is -0.111. The van der Waals surface area contributed by atoms with Gasteiger partial charge in [0.15, 0.2) is 0 Å². The predicted octanol–water partition coefficient (Wildman–Crippen LogP) is 6.46. The van der Waals surface area contributed by atoms with E-state index in [1.807, 2.05) is 11.9 Å². The highest BCUT2D eigenvalue weighted by Gasteiger charge is 2.21. The van der Waals surface area contributed by atoms with E-state index in [2.05, 4.69) is 21.7 Å². The maximum atomic E-state index is 13.6. The summed E-state index contributed by atoms with van der Waals surface area (Å²) in [7, 11) is 3.59. The predicted molar refractivity (Wildman–Crippen MR) is 179 cm³/mol. The van der Waals surface area contributed by atoms with Gasteiger partial charge in [0.1, 0.15) is 36.1 Å². The second-order valence-electron chi connectivity index (χ2n) is 11.0. The maximum absolute atomic E-state index is 13.6. The minimum atomic E-state index is -0.346. The van der Waals surface area contributed by atoms with Crippen LogP contribution in [0.4, 0.5) is 21.5 Å². The lowest BCUT2D eigenvalue weighted by Gasteiger charge is -2.19. The second-order valence-corrected chi connectivity index (χ2v) is 11.4. The van der Waals surface area contributed by atoms with Gasteiger partial charge < -0.3 is 34.5 Å². The number of hydrogen-bond donors (Lipinski definition) is 2. The highest BCUT2D eigenvalue weighted by atomic mass is 35.5. The van der Waals surface area contributed by atoms with Gasteiger partial charge in [-0.15, -0.1) is 0 Å². The summed E-state index contributed by atoms with van der Waals surface area (Å²) in [5.41, 5.74) is 2.99. The van der Waals surface area contributed by atoms with Crippen molar-refractivity contribution in [3.63, 3.8) is 0 Å². The number of nitriles is 1. The summed E-state index contributed by atoms with van der Waals surface area (Å²) in [6.45, 7) is 3.06. The molecule has 2 heterocycles. The number of benzene rings is 3. The van der Waals surface area contributed by atoms with Crippen molar-refractivity contribution >= 4 is 45.5 Å². The summed E-state index contributed by atoms with van der Waals surface area (Å²) in [5.74, 6) is 0.179. The Balaban J connectivity index is 1.41. The highest BCUT2D eigenvalue weighted by Crippen LogP contribution is 2.38. The molecule has 0 unspecified atom stereocenters. The Morgan fingerprint density at radius 2 is 2.11 bits per heavy atom. The van der Waals surface area contributed by atoms with Gasteiger partial charge in [-0.05, 0) is 49.0 Å². The van der Waals surface area contributed by atoms with Crippen molar-refractivity contribution in [1.82, 2.24) is 9.88 Å². The summed E-state index contributed by atoms with van der Waals surface area (Å²) in [5, 5.41) is 17.1. The van der Waals surface area contributed by atoms with E-state index >= 15 is 0 Å². The van der Waals surface area contributed by atoms with E-state index in [0.29, 0.717) is 76.4 Å². The largest absolute Gasteiger partial charge is 0.487 e. The molecule has 1 aromatic heterocycles. The van der Waals surface area contributed by atoms with Gasteiger partial charge in [-0.3, -0.25) is 9.78 Å². The topological polar surface area (TPSA) is 118 Å². The van der Waals surface area contributed by atoms with E-state index in [1.54, 1.807) is 55.7 Å². The number of halogens is 2. The number of likely N-dealkylation sites (N-methyl/N-ethyl adjacent to an activating group) is 1. The molecule has 0 spiro atoms. The van der Waals surface area contributed by atoms with Gasteiger partial charge in [0.2, 0.25) is 5.91 Å². The van der Waals surface area contributed by atoms with E-state index in [9.17, 15) is 14.4 Å². The van der Waals surface area contributed by atoms with Crippen LogP contribution < -0.4 is 20.1 Å². The van der Waals surface area contributed by atoms with Crippen LogP contribution in [0.25, 0.3) is 10.9 Å². The zero-order valence-corrected chi connectivity index (χ0v) is 26.9. The Morgan fingerprint density at radius 3 is 2.85 bits per heavy atom. The molecule has 1 fully saturated rings. The van der Waals surface area contributed by atoms with Gasteiger partial charge in [0.05, 0.1) is 47.3 Å².